The molecule has 1 aliphatic rings. The van der Waals surface area contributed by atoms with Crippen molar-refractivity contribution in [3.63, 3.8) is 0 Å². The smallest absolute Gasteiger partial charge is 0.221 e. The number of nitrogens with one attached hydrogen (secondary N) is 2. The summed E-state index contributed by atoms with van der Waals surface area (Å²) in [6, 6.07) is 12.9. The first-order valence-corrected chi connectivity index (χ1v) is 9.14. The maximum atomic E-state index is 5.45. The minimum absolute atomic E-state index is 0.496. The Labute approximate surface area is 144 Å². The van der Waals surface area contributed by atoms with Crippen LogP contribution in [0, 0.1) is 4.77 Å². The summed E-state index contributed by atoms with van der Waals surface area (Å²) in [5, 5.41) is 5.57. The van der Waals surface area contributed by atoms with Gasteiger partial charge in [-0.05, 0) is 30.6 Å². The molecule has 0 radical (unpaired) electrons. The molecule has 0 spiro atoms. The number of H-pyrrole nitrogens is 1. The number of aromatic amines is 1. The molecule has 2 N–H and O–H groups in total. The average Bonchev–Trinajstić information content (AvgIpc) is 3.19. The lowest BCUT2D eigenvalue weighted by Gasteiger charge is -2.30. The molecule has 3 heterocycles. The first kappa shape index (κ1) is 14.8. The Kier molecular flexibility index (Phi) is 3.88. The molecule has 6 heteroatoms. The van der Waals surface area contributed by atoms with Crippen molar-refractivity contribution in [1.29, 1.82) is 0 Å². The molecule has 4 rings (SSSR count). The summed E-state index contributed by atoms with van der Waals surface area (Å²) in [5.74, 6) is 0.843. The summed E-state index contributed by atoms with van der Waals surface area (Å²) >= 11 is 7.33. The van der Waals surface area contributed by atoms with Gasteiger partial charge in [0.1, 0.15) is 6.04 Å². The van der Waals surface area contributed by atoms with Gasteiger partial charge in [0, 0.05) is 22.4 Å². The summed E-state index contributed by atoms with van der Waals surface area (Å²) in [6.07, 6.45) is 1.15. The lowest BCUT2D eigenvalue weighted by molar-refractivity contribution is -0.954. The average molecular weight is 344 g/mol. The van der Waals surface area contributed by atoms with Crippen LogP contribution >= 0.6 is 23.6 Å². The number of thiophene rings is 1. The van der Waals surface area contributed by atoms with Gasteiger partial charge in [0.2, 0.25) is 4.77 Å². The SMILES string of the molecule is C[C@@H]1c2ccsc2CC[NH+]1Cn1[nH]c(-c2ccccc2)nc1=S. The predicted octanol–water partition coefficient (Wildman–Crippen LogP) is 2.83. The molecule has 0 saturated carbocycles. The molecule has 0 amide bonds. The number of aromatic nitrogens is 3. The van der Waals surface area contributed by atoms with Crippen LogP contribution in [-0.2, 0) is 13.1 Å². The predicted molar refractivity (Wildman–Crippen MR) is 95.1 cm³/mol. The molecule has 4 nitrogen and oxygen atoms in total. The van der Waals surface area contributed by atoms with Crippen molar-refractivity contribution in [3.05, 3.63) is 57.0 Å². The monoisotopic (exact) mass is 343 g/mol. The van der Waals surface area contributed by atoms with E-state index < -0.39 is 0 Å². The molecule has 1 unspecified atom stereocenters. The van der Waals surface area contributed by atoms with Crippen LogP contribution in [-0.4, -0.2) is 21.3 Å². The van der Waals surface area contributed by atoms with E-state index >= 15 is 0 Å². The van der Waals surface area contributed by atoms with Crippen LogP contribution in [0.5, 0.6) is 0 Å². The van der Waals surface area contributed by atoms with Crippen LogP contribution in [0.1, 0.15) is 23.4 Å². The topological polar surface area (TPSA) is 38.0 Å². The van der Waals surface area contributed by atoms with E-state index in [1.165, 1.54) is 10.5 Å². The van der Waals surface area contributed by atoms with E-state index in [-0.39, 0.29) is 0 Å². The Morgan fingerprint density at radius 2 is 2.17 bits per heavy atom. The Morgan fingerprint density at radius 1 is 1.35 bits per heavy atom. The van der Waals surface area contributed by atoms with Crippen molar-refractivity contribution >= 4 is 23.6 Å². The summed E-state index contributed by atoms with van der Waals surface area (Å²) in [7, 11) is 0. The van der Waals surface area contributed by atoms with Crippen LogP contribution in [0.15, 0.2) is 41.8 Å². The van der Waals surface area contributed by atoms with Crippen LogP contribution in [0.2, 0.25) is 0 Å². The Hall–Kier alpha value is -1.76. The molecule has 2 atom stereocenters. The third-order valence-electron chi connectivity index (χ3n) is 4.62. The van der Waals surface area contributed by atoms with E-state index in [9.17, 15) is 0 Å². The summed E-state index contributed by atoms with van der Waals surface area (Å²) < 4.78 is 2.63. The van der Waals surface area contributed by atoms with Crippen molar-refractivity contribution < 1.29 is 4.90 Å². The van der Waals surface area contributed by atoms with Crippen LogP contribution < -0.4 is 4.90 Å². The van der Waals surface area contributed by atoms with Gasteiger partial charge >= 0.3 is 0 Å². The number of nitrogens with zero attached hydrogens (tertiary/aromatic N) is 2. The standard InChI is InChI=1S/C17H18N4S2/c1-12-14-8-10-23-15(14)7-9-20(12)11-21-17(22)18-16(19-21)13-5-3-2-4-6-13/h2-6,8,10,12H,7,9,11H2,1H3,(H,18,19,22)/p+1/t12-/m1/s1. The molecule has 3 aromatic rings. The van der Waals surface area contributed by atoms with Gasteiger partial charge in [-0.1, -0.05) is 30.3 Å². The van der Waals surface area contributed by atoms with Crippen LogP contribution in [0.4, 0.5) is 0 Å². The van der Waals surface area contributed by atoms with Gasteiger partial charge in [-0.2, -0.15) is 4.98 Å². The summed E-state index contributed by atoms with van der Waals surface area (Å²) in [4.78, 5) is 7.58. The summed E-state index contributed by atoms with van der Waals surface area (Å²) in [6.45, 7) is 4.27. The van der Waals surface area contributed by atoms with E-state index in [2.05, 4.69) is 28.5 Å². The fourth-order valence-electron chi connectivity index (χ4n) is 3.26. The quantitative estimate of drug-likeness (QED) is 0.718. The van der Waals surface area contributed by atoms with Crippen molar-refractivity contribution in [3.8, 4) is 11.4 Å². The lowest BCUT2D eigenvalue weighted by Crippen LogP contribution is -3.12. The van der Waals surface area contributed by atoms with Crippen molar-refractivity contribution in [2.24, 2.45) is 0 Å². The highest BCUT2D eigenvalue weighted by molar-refractivity contribution is 7.71. The van der Waals surface area contributed by atoms with Crippen LogP contribution in [0.3, 0.4) is 0 Å². The Morgan fingerprint density at radius 3 is 3.00 bits per heavy atom. The number of hydrogen-bond donors (Lipinski definition) is 2. The highest BCUT2D eigenvalue weighted by atomic mass is 32.1. The first-order valence-electron chi connectivity index (χ1n) is 7.85. The second kappa shape index (κ2) is 6.03. The van der Waals surface area contributed by atoms with E-state index in [4.69, 9.17) is 12.2 Å². The molecule has 0 bridgehead atoms. The molecule has 1 aliphatic heterocycles. The fourth-order valence-corrected chi connectivity index (χ4v) is 4.44. The van der Waals surface area contributed by atoms with Gasteiger partial charge in [0.15, 0.2) is 12.5 Å². The van der Waals surface area contributed by atoms with Gasteiger partial charge in [-0.3, -0.25) is 5.10 Å². The largest absolute Gasteiger partial charge is 0.310 e. The zero-order chi connectivity index (χ0) is 15.8. The molecule has 23 heavy (non-hydrogen) atoms. The number of rotatable bonds is 3. The number of hydrogen-bond acceptors (Lipinski definition) is 3. The molecule has 0 fully saturated rings. The fraction of sp³-hybridized carbons (Fsp3) is 0.294. The van der Waals surface area contributed by atoms with E-state index in [1.54, 1.807) is 4.88 Å². The number of quaternary nitrogens is 1. The lowest BCUT2D eigenvalue weighted by atomic mass is 10.0. The van der Waals surface area contributed by atoms with Crippen molar-refractivity contribution in [1.82, 2.24) is 14.8 Å². The van der Waals surface area contributed by atoms with Crippen molar-refractivity contribution in [2.75, 3.05) is 6.54 Å². The first-order chi connectivity index (χ1) is 11.2. The van der Waals surface area contributed by atoms with Crippen molar-refractivity contribution in [2.45, 2.75) is 26.1 Å². The van der Waals surface area contributed by atoms with Gasteiger partial charge in [-0.25, -0.2) is 4.68 Å². The molecule has 118 valence electrons. The zero-order valence-corrected chi connectivity index (χ0v) is 14.6. The van der Waals surface area contributed by atoms with E-state index in [0.717, 1.165) is 31.0 Å². The third-order valence-corrected chi connectivity index (χ3v) is 5.93. The second-order valence-electron chi connectivity index (χ2n) is 5.99. The molecule has 0 saturated heterocycles. The molecule has 1 aromatic carbocycles. The minimum atomic E-state index is 0.496. The highest BCUT2D eigenvalue weighted by Crippen LogP contribution is 2.24. The second-order valence-corrected chi connectivity index (χ2v) is 7.35. The molecular formula is C17H19N4S2+. The molecule has 0 aliphatic carbocycles. The van der Waals surface area contributed by atoms with E-state index in [0.29, 0.717) is 10.8 Å². The van der Waals surface area contributed by atoms with Gasteiger partial charge in [-0.15, -0.1) is 11.3 Å². The zero-order valence-electron chi connectivity index (χ0n) is 13.0. The minimum Gasteiger partial charge on any atom is -0.310 e. The van der Waals surface area contributed by atoms with E-state index in [1.807, 2.05) is 46.4 Å². The number of fused-ring (bicyclic) bond motifs is 1. The molecular weight excluding hydrogens is 324 g/mol. The maximum Gasteiger partial charge on any atom is 0.221 e. The van der Waals surface area contributed by atoms with Gasteiger partial charge < -0.3 is 4.90 Å². The molecule has 2 aromatic heterocycles. The number of benzene rings is 1. The van der Waals surface area contributed by atoms with Crippen LogP contribution in [0.25, 0.3) is 11.4 Å². The van der Waals surface area contributed by atoms with Gasteiger partial charge in [0.25, 0.3) is 0 Å². The Bertz CT molecular complexity index is 862. The highest BCUT2D eigenvalue weighted by Gasteiger charge is 2.28. The maximum absolute atomic E-state index is 5.45. The summed E-state index contributed by atoms with van der Waals surface area (Å²) in [5.41, 5.74) is 2.56. The van der Waals surface area contributed by atoms with Gasteiger partial charge in [0.05, 0.1) is 6.54 Å². The third kappa shape index (κ3) is 2.78. The Balaban J connectivity index is 1.58. The normalized spacial score (nSPS) is 20.4.